The molecule has 1 aromatic carbocycles. The summed E-state index contributed by atoms with van der Waals surface area (Å²) < 4.78 is 28.3. The minimum absolute atomic E-state index is 0.390. The molecule has 190 valence electrons. The molecule has 1 saturated carbocycles. The number of esters is 1. The second-order valence-electron chi connectivity index (χ2n) is 9.07. The Labute approximate surface area is 200 Å². The van der Waals surface area contributed by atoms with Crippen LogP contribution in [0.1, 0.15) is 5.56 Å². The van der Waals surface area contributed by atoms with Gasteiger partial charge >= 0.3 is 5.97 Å². The van der Waals surface area contributed by atoms with E-state index in [2.05, 4.69) is 0 Å². The molecule has 3 heterocycles. The van der Waals surface area contributed by atoms with Crippen molar-refractivity contribution in [1.29, 1.82) is 0 Å². The predicted octanol–water partition coefficient (Wildman–Crippen LogP) is -1.33. The molecule has 0 unspecified atom stereocenters. The Balaban J connectivity index is 1.31. The summed E-state index contributed by atoms with van der Waals surface area (Å²) in [5, 5.41) is 50.0. The summed E-state index contributed by atoms with van der Waals surface area (Å²) >= 11 is 0. The largest absolute Gasteiger partial charge is 0.472 e. The van der Waals surface area contributed by atoms with E-state index in [1.807, 2.05) is 30.3 Å². The highest BCUT2D eigenvalue weighted by Gasteiger charge is 2.77. The van der Waals surface area contributed by atoms with Crippen molar-refractivity contribution in [2.24, 2.45) is 11.8 Å². The van der Waals surface area contributed by atoms with E-state index in [0.29, 0.717) is 0 Å². The number of hydrogen-bond donors (Lipinski definition) is 5. The van der Waals surface area contributed by atoms with E-state index >= 15 is 0 Å². The van der Waals surface area contributed by atoms with Crippen LogP contribution in [0.3, 0.4) is 0 Å². The molecule has 0 amide bonds. The van der Waals surface area contributed by atoms with Crippen LogP contribution in [0.4, 0.5) is 0 Å². The lowest BCUT2D eigenvalue weighted by Gasteiger charge is -2.43. The van der Waals surface area contributed by atoms with Gasteiger partial charge in [0.05, 0.1) is 25.4 Å². The minimum atomic E-state index is -1.63. The van der Waals surface area contributed by atoms with Gasteiger partial charge in [0.25, 0.3) is 0 Å². The van der Waals surface area contributed by atoms with E-state index in [4.69, 9.17) is 23.7 Å². The van der Waals surface area contributed by atoms with Crippen LogP contribution in [-0.2, 0) is 28.5 Å². The van der Waals surface area contributed by atoms with Crippen molar-refractivity contribution in [2.75, 3.05) is 13.2 Å². The molecule has 5 rings (SSSR count). The SMILES string of the molecule is O=C(/C=C/c1ccccc1)O[C@H]1[C@@H]2C=CO[C@@H](O[C@@H]3O[C@H](CO)[C@@H](O)[C@H](O)[C@H]3O)[C@@H]2[C@@]2(CO)O[C@H]12. The van der Waals surface area contributed by atoms with Gasteiger partial charge < -0.3 is 49.2 Å². The van der Waals surface area contributed by atoms with Crippen molar-refractivity contribution in [1.82, 2.24) is 0 Å². The quantitative estimate of drug-likeness (QED) is 0.174. The van der Waals surface area contributed by atoms with E-state index in [1.54, 1.807) is 12.2 Å². The van der Waals surface area contributed by atoms with E-state index in [-0.39, 0.29) is 0 Å². The highest BCUT2D eigenvalue weighted by atomic mass is 16.8. The van der Waals surface area contributed by atoms with Crippen molar-refractivity contribution in [3.8, 4) is 0 Å². The number of ether oxygens (including phenoxy) is 5. The van der Waals surface area contributed by atoms with Crippen LogP contribution in [0.5, 0.6) is 0 Å². The first-order valence-corrected chi connectivity index (χ1v) is 11.4. The van der Waals surface area contributed by atoms with Gasteiger partial charge in [0.15, 0.2) is 6.29 Å². The number of rotatable bonds is 7. The van der Waals surface area contributed by atoms with Crippen molar-refractivity contribution in [3.05, 3.63) is 54.3 Å². The number of fused-ring (bicyclic) bond motifs is 3. The molecule has 4 aliphatic rings. The van der Waals surface area contributed by atoms with Crippen molar-refractivity contribution >= 4 is 12.0 Å². The predicted molar refractivity (Wildman–Crippen MR) is 116 cm³/mol. The number of benzene rings is 1. The molecule has 0 aromatic heterocycles. The number of hydrogen-bond acceptors (Lipinski definition) is 11. The Morgan fingerprint density at radius 2 is 1.83 bits per heavy atom. The third-order valence-corrected chi connectivity index (χ3v) is 7.06. The van der Waals surface area contributed by atoms with Gasteiger partial charge in [-0.3, -0.25) is 0 Å². The number of aliphatic hydroxyl groups is 5. The molecule has 1 aromatic rings. The van der Waals surface area contributed by atoms with Crippen molar-refractivity contribution in [2.45, 2.75) is 54.8 Å². The summed E-state index contributed by atoms with van der Waals surface area (Å²) in [5.41, 5.74) is -0.262. The Morgan fingerprint density at radius 3 is 2.54 bits per heavy atom. The summed E-state index contributed by atoms with van der Waals surface area (Å²) in [6.45, 7) is -0.999. The van der Waals surface area contributed by atoms with E-state index < -0.39 is 85.8 Å². The third kappa shape index (κ3) is 4.28. The fraction of sp³-hybridized carbons (Fsp3) is 0.542. The average Bonchev–Trinajstić information content (AvgIpc) is 3.56. The molecule has 3 fully saturated rings. The van der Waals surface area contributed by atoms with Gasteiger partial charge in [-0.15, -0.1) is 0 Å². The lowest BCUT2D eigenvalue weighted by Crippen LogP contribution is -2.60. The molecule has 5 N–H and O–H groups in total. The Kier molecular flexibility index (Phi) is 6.68. The molecule has 0 radical (unpaired) electrons. The molecule has 0 spiro atoms. The van der Waals surface area contributed by atoms with Crippen LogP contribution in [0.2, 0.25) is 0 Å². The van der Waals surface area contributed by atoms with Crippen LogP contribution >= 0.6 is 0 Å². The topological polar surface area (TPSA) is 168 Å². The zero-order chi connectivity index (χ0) is 24.7. The monoisotopic (exact) mass is 492 g/mol. The van der Waals surface area contributed by atoms with E-state index in [9.17, 15) is 30.3 Å². The maximum absolute atomic E-state index is 12.5. The fourth-order valence-corrected chi connectivity index (χ4v) is 5.19. The third-order valence-electron chi connectivity index (χ3n) is 7.06. The molecule has 35 heavy (non-hydrogen) atoms. The Bertz CT molecular complexity index is 965. The summed E-state index contributed by atoms with van der Waals surface area (Å²) in [7, 11) is 0. The van der Waals surface area contributed by atoms with Crippen LogP contribution in [0, 0.1) is 11.8 Å². The zero-order valence-electron chi connectivity index (χ0n) is 18.6. The van der Waals surface area contributed by atoms with Gasteiger partial charge in [0, 0.05) is 12.0 Å². The van der Waals surface area contributed by atoms with E-state index in [1.165, 1.54) is 12.3 Å². The minimum Gasteiger partial charge on any atom is -0.472 e. The van der Waals surface area contributed by atoms with E-state index in [0.717, 1.165) is 5.56 Å². The zero-order valence-corrected chi connectivity index (χ0v) is 18.6. The second kappa shape index (κ2) is 9.60. The smallest absolute Gasteiger partial charge is 0.331 e. The van der Waals surface area contributed by atoms with Crippen LogP contribution in [-0.4, -0.2) is 99.5 Å². The molecule has 11 heteroatoms. The number of aliphatic hydroxyl groups excluding tert-OH is 5. The molecule has 0 bridgehead atoms. The van der Waals surface area contributed by atoms with Crippen molar-refractivity contribution in [3.63, 3.8) is 0 Å². The molecule has 1 aliphatic carbocycles. The maximum Gasteiger partial charge on any atom is 0.331 e. The molecule has 2 saturated heterocycles. The summed E-state index contributed by atoms with van der Waals surface area (Å²) in [6, 6.07) is 9.26. The number of carbonyl (C=O) groups is 1. The van der Waals surface area contributed by atoms with Crippen LogP contribution < -0.4 is 0 Å². The highest BCUT2D eigenvalue weighted by molar-refractivity contribution is 5.87. The molecule has 11 atom stereocenters. The first kappa shape index (κ1) is 24.3. The van der Waals surface area contributed by atoms with Gasteiger partial charge in [-0.2, -0.15) is 0 Å². The fourth-order valence-electron chi connectivity index (χ4n) is 5.19. The number of epoxide rings is 1. The lowest BCUT2D eigenvalue weighted by atomic mass is 9.85. The van der Waals surface area contributed by atoms with Gasteiger partial charge in [-0.05, 0) is 17.7 Å². The highest BCUT2D eigenvalue weighted by Crippen LogP contribution is 2.60. The summed E-state index contributed by atoms with van der Waals surface area (Å²) in [5.74, 6) is -1.64. The van der Waals surface area contributed by atoms with Gasteiger partial charge in [0.2, 0.25) is 6.29 Å². The first-order chi connectivity index (χ1) is 16.9. The number of carbonyl (C=O) groups excluding carboxylic acids is 1. The van der Waals surface area contributed by atoms with Crippen molar-refractivity contribution < 1.29 is 54.0 Å². The average molecular weight is 492 g/mol. The van der Waals surface area contributed by atoms with Gasteiger partial charge in [-0.25, -0.2) is 4.79 Å². The summed E-state index contributed by atoms with van der Waals surface area (Å²) in [6.07, 6.45) is -3.78. The standard InChI is InChI=1S/C24H28O11/c25-10-14-17(28)18(29)19(30)23(32-14)34-22-16-13(8-9-31-22)20(21-24(16,11-26)35-21)33-15(27)7-6-12-4-2-1-3-5-12/h1-9,13-14,16-23,25-26,28-30H,10-11H2/b7-6+/t13-,14-,16-,17-,18+,19-,20+,21-,22+,23+,24-/m1/s1. The van der Waals surface area contributed by atoms with Crippen LogP contribution in [0.15, 0.2) is 48.7 Å². The molecule has 3 aliphatic heterocycles. The maximum atomic E-state index is 12.5. The molecule has 11 nitrogen and oxygen atoms in total. The summed E-state index contributed by atoms with van der Waals surface area (Å²) in [4.78, 5) is 12.5. The van der Waals surface area contributed by atoms with Crippen LogP contribution in [0.25, 0.3) is 6.08 Å². The first-order valence-electron chi connectivity index (χ1n) is 11.4. The Hall–Kier alpha value is -2.35. The Morgan fingerprint density at radius 1 is 1.06 bits per heavy atom. The van der Waals surface area contributed by atoms with Gasteiger partial charge in [-0.1, -0.05) is 30.3 Å². The van der Waals surface area contributed by atoms with Gasteiger partial charge in [0.1, 0.15) is 42.2 Å². The molecular formula is C24H28O11. The second-order valence-corrected chi connectivity index (χ2v) is 9.07. The molecular weight excluding hydrogens is 464 g/mol. The lowest BCUT2D eigenvalue weighted by molar-refractivity contribution is -0.344. The normalized spacial score (nSPS) is 43.9.